The Kier molecular flexibility index (Phi) is 6.02. The van der Waals surface area contributed by atoms with Crippen LogP contribution in [0.15, 0.2) is 24.3 Å². The van der Waals surface area contributed by atoms with Gasteiger partial charge in [0.1, 0.15) is 0 Å². The largest absolute Gasteiger partial charge is 0.350 e. The molecule has 0 aliphatic carbocycles. The van der Waals surface area contributed by atoms with Crippen molar-refractivity contribution in [1.82, 2.24) is 10.6 Å². The summed E-state index contributed by atoms with van der Waals surface area (Å²) in [6, 6.07) is 7.09. The second-order valence-electron chi connectivity index (χ2n) is 4.41. The molecule has 19 heavy (non-hydrogen) atoms. The van der Waals surface area contributed by atoms with Gasteiger partial charge in [0.15, 0.2) is 0 Å². The van der Waals surface area contributed by atoms with Crippen molar-refractivity contribution in [2.45, 2.75) is 26.3 Å². The zero-order valence-electron chi connectivity index (χ0n) is 11.6. The van der Waals surface area contributed by atoms with Crippen molar-refractivity contribution >= 4 is 17.5 Å². The normalized spacial score (nSPS) is 11.7. The van der Waals surface area contributed by atoms with E-state index in [1.54, 1.807) is 31.3 Å². The number of benzene rings is 1. The van der Waals surface area contributed by atoms with Gasteiger partial charge in [-0.05, 0) is 32.5 Å². The average Bonchev–Trinajstić information content (AvgIpc) is 2.39. The van der Waals surface area contributed by atoms with Crippen LogP contribution in [0.25, 0.3) is 0 Å². The van der Waals surface area contributed by atoms with E-state index >= 15 is 0 Å². The second-order valence-corrected chi connectivity index (χ2v) is 4.41. The molecule has 0 saturated heterocycles. The first kappa shape index (κ1) is 15.2. The van der Waals surface area contributed by atoms with Gasteiger partial charge in [-0.15, -0.1) is 0 Å². The minimum absolute atomic E-state index is 0.105. The van der Waals surface area contributed by atoms with Gasteiger partial charge in [-0.2, -0.15) is 0 Å². The Hall–Kier alpha value is -1.88. The van der Waals surface area contributed by atoms with E-state index < -0.39 is 0 Å². The molecule has 5 nitrogen and oxygen atoms in total. The van der Waals surface area contributed by atoms with Crippen molar-refractivity contribution in [3.63, 3.8) is 0 Å². The van der Waals surface area contributed by atoms with Gasteiger partial charge in [-0.3, -0.25) is 9.59 Å². The Morgan fingerprint density at radius 2 is 1.95 bits per heavy atom. The van der Waals surface area contributed by atoms with Crippen molar-refractivity contribution < 1.29 is 9.59 Å². The smallest absolute Gasteiger partial charge is 0.253 e. The van der Waals surface area contributed by atoms with Crippen molar-refractivity contribution in [3.05, 3.63) is 29.8 Å². The summed E-state index contributed by atoms with van der Waals surface area (Å²) in [7, 11) is 1.70. The van der Waals surface area contributed by atoms with Gasteiger partial charge < -0.3 is 16.0 Å². The molecule has 1 atom stereocenters. The third-order valence-corrected chi connectivity index (χ3v) is 2.77. The zero-order chi connectivity index (χ0) is 14.3. The highest BCUT2D eigenvalue weighted by Crippen LogP contribution is 2.15. The van der Waals surface area contributed by atoms with E-state index in [4.69, 9.17) is 0 Å². The lowest BCUT2D eigenvalue weighted by atomic mass is 10.1. The summed E-state index contributed by atoms with van der Waals surface area (Å²) >= 11 is 0. The quantitative estimate of drug-likeness (QED) is 0.726. The Morgan fingerprint density at radius 3 is 2.58 bits per heavy atom. The topological polar surface area (TPSA) is 70.2 Å². The Labute approximate surface area is 113 Å². The molecule has 3 N–H and O–H groups in total. The van der Waals surface area contributed by atoms with Gasteiger partial charge in [0.05, 0.1) is 17.8 Å². The summed E-state index contributed by atoms with van der Waals surface area (Å²) in [6.45, 7) is 4.16. The lowest BCUT2D eigenvalue weighted by Gasteiger charge is -2.14. The van der Waals surface area contributed by atoms with Gasteiger partial charge >= 0.3 is 0 Å². The molecular weight excluding hydrogens is 242 g/mol. The van der Waals surface area contributed by atoms with Crippen molar-refractivity contribution in [3.8, 4) is 0 Å². The highest BCUT2D eigenvalue weighted by atomic mass is 16.2. The molecule has 0 spiro atoms. The Bertz CT molecular complexity index is 446. The average molecular weight is 263 g/mol. The number of likely N-dealkylation sites (N-methyl/N-ethyl adjacent to an activating group) is 1. The van der Waals surface area contributed by atoms with E-state index in [-0.39, 0.29) is 24.4 Å². The van der Waals surface area contributed by atoms with Crippen LogP contribution in [-0.2, 0) is 4.79 Å². The third-order valence-electron chi connectivity index (χ3n) is 2.77. The van der Waals surface area contributed by atoms with E-state index in [0.717, 1.165) is 6.42 Å². The highest BCUT2D eigenvalue weighted by molar-refractivity contribution is 6.04. The molecule has 0 heterocycles. The fourth-order valence-corrected chi connectivity index (χ4v) is 1.55. The summed E-state index contributed by atoms with van der Waals surface area (Å²) in [4.78, 5) is 23.7. The van der Waals surface area contributed by atoms with Crippen LogP contribution < -0.4 is 16.0 Å². The number of para-hydroxylation sites is 1. The number of amides is 2. The number of hydrogen-bond acceptors (Lipinski definition) is 3. The first-order chi connectivity index (χ1) is 9.08. The van der Waals surface area contributed by atoms with Crippen molar-refractivity contribution in [2.75, 3.05) is 18.9 Å². The second kappa shape index (κ2) is 7.53. The molecule has 1 unspecified atom stereocenters. The molecule has 0 aliphatic rings. The lowest BCUT2D eigenvalue weighted by Crippen LogP contribution is -2.33. The number of nitrogens with one attached hydrogen (secondary N) is 3. The molecule has 2 amide bonds. The predicted molar refractivity (Wildman–Crippen MR) is 76.2 cm³/mol. The van der Waals surface area contributed by atoms with Gasteiger partial charge in [0.25, 0.3) is 5.91 Å². The van der Waals surface area contributed by atoms with Crippen LogP contribution in [0.1, 0.15) is 30.6 Å². The molecular formula is C14H21N3O2. The maximum atomic E-state index is 12.1. The van der Waals surface area contributed by atoms with Gasteiger partial charge in [0.2, 0.25) is 5.91 Å². The number of hydrogen-bond donors (Lipinski definition) is 3. The van der Waals surface area contributed by atoms with Crippen molar-refractivity contribution in [1.29, 1.82) is 0 Å². The van der Waals surface area contributed by atoms with E-state index in [1.165, 1.54) is 0 Å². The highest BCUT2D eigenvalue weighted by Gasteiger charge is 2.13. The van der Waals surface area contributed by atoms with Crippen LogP contribution in [0.3, 0.4) is 0 Å². The van der Waals surface area contributed by atoms with Crippen LogP contribution >= 0.6 is 0 Å². The zero-order valence-corrected chi connectivity index (χ0v) is 11.6. The molecule has 0 saturated carbocycles. The maximum Gasteiger partial charge on any atom is 0.253 e. The molecule has 5 heteroatoms. The number of carbonyl (C=O) groups excluding carboxylic acids is 2. The van der Waals surface area contributed by atoms with Gasteiger partial charge in [-0.1, -0.05) is 19.1 Å². The SMILES string of the molecule is CCC(C)NC(=O)c1ccccc1NC(=O)CNC. The molecule has 1 aromatic carbocycles. The lowest BCUT2D eigenvalue weighted by molar-refractivity contribution is -0.115. The monoisotopic (exact) mass is 263 g/mol. The molecule has 1 rings (SSSR count). The maximum absolute atomic E-state index is 12.1. The minimum Gasteiger partial charge on any atom is -0.350 e. The number of anilines is 1. The molecule has 0 fully saturated rings. The van der Waals surface area contributed by atoms with Crippen LogP contribution in [0.4, 0.5) is 5.69 Å². The van der Waals surface area contributed by atoms with Crippen LogP contribution in [0, 0.1) is 0 Å². The van der Waals surface area contributed by atoms with Crippen molar-refractivity contribution in [2.24, 2.45) is 0 Å². The molecule has 0 bridgehead atoms. The first-order valence-corrected chi connectivity index (χ1v) is 6.42. The summed E-state index contributed by atoms with van der Waals surface area (Å²) in [5.41, 5.74) is 1.01. The van der Waals surface area contributed by atoms with E-state index in [2.05, 4.69) is 16.0 Å². The molecule has 1 aromatic rings. The molecule has 104 valence electrons. The molecule has 0 aromatic heterocycles. The summed E-state index contributed by atoms with van der Waals surface area (Å²) in [5.74, 6) is -0.346. The fraction of sp³-hybridized carbons (Fsp3) is 0.429. The number of carbonyl (C=O) groups is 2. The van der Waals surface area contributed by atoms with E-state index in [1.807, 2.05) is 13.8 Å². The first-order valence-electron chi connectivity index (χ1n) is 6.42. The third kappa shape index (κ3) is 4.71. The summed E-state index contributed by atoms with van der Waals surface area (Å²) in [5, 5.41) is 8.37. The number of rotatable bonds is 6. The minimum atomic E-state index is -0.175. The van der Waals surface area contributed by atoms with E-state index in [9.17, 15) is 9.59 Å². The Balaban J connectivity index is 2.83. The van der Waals surface area contributed by atoms with Crippen LogP contribution in [-0.4, -0.2) is 31.4 Å². The molecule has 0 radical (unpaired) electrons. The standard InChI is InChI=1S/C14H21N3O2/c1-4-10(2)16-14(19)11-7-5-6-8-12(11)17-13(18)9-15-3/h5-8,10,15H,4,9H2,1-3H3,(H,16,19)(H,17,18). The predicted octanol–water partition coefficient (Wildman–Crippen LogP) is 1.37. The van der Waals surface area contributed by atoms with E-state index in [0.29, 0.717) is 11.3 Å². The van der Waals surface area contributed by atoms with Crippen LogP contribution in [0.5, 0.6) is 0 Å². The Morgan fingerprint density at radius 1 is 1.26 bits per heavy atom. The van der Waals surface area contributed by atoms with Crippen LogP contribution in [0.2, 0.25) is 0 Å². The summed E-state index contributed by atoms with van der Waals surface area (Å²) < 4.78 is 0. The fourth-order valence-electron chi connectivity index (χ4n) is 1.55. The molecule has 0 aliphatic heterocycles. The van der Waals surface area contributed by atoms with Gasteiger partial charge in [-0.25, -0.2) is 0 Å². The summed E-state index contributed by atoms with van der Waals surface area (Å²) in [6.07, 6.45) is 0.861. The van der Waals surface area contributed by atoms with Gasteiger partial charge in [0, 0.05) is 6.04 Å².